The molecule has 0 aliphatic carbocycles. The van der Waals surface area contributed by atoms with E-state index in [1.165, 1.54) is 12.1 Å². The van der Waals surface area contributed by atoms with E-state index in [0.717, 1.165) is 10.0 Å². The second-order valence-electron chi connectivity index (χ2n) is 4.36. The van der Waals surface area contributed by atoms with Gasteiger partial charge in [-0.1, -0.05) is 6.07 Å². The van der Waals surface area contributed by atoms with Crippen molar-refractivity contribution in [3.8, 4) is 0 Å². The molecule has 6 nitrogen and oxygen atoms in total. The lowest BCUT2D eigenvalue weighted by Crippen LogP contribution is -2.16. The van der Waals surface area contributed by atoms with Crippen LogP contribution in [0.25, 0.3) is 0 Å². The molecule has 0 radical (unpaired) electrons. The van der Waals surface area contributed by atoms with Gasteiger partial charge in [-0.2, -0.15) is 0 Å². The summed E-state index contributed by atoms with van der Waals surface area (Å²) in [6.45, 7) is 1.78. The number of halogens is 1. The first-order valence-corrected chi connectivity index (χ1v) is 6.56. The summed E-state index contributed by atoms with van der Waals surface area (Å²) in [6.07, 6.45) is 1.76. The van der Waals surface area contributed by atoms with Crippen LogP contribution < -0.4 is 5.32 Å². The molecule has 0 saturated carbocycles. The lowest BCUT2D eigenvalue weighted by Gasteiger charge is -2.08. The van der Waals surface area contributed by atoms with Gasteiger partial charge in [0.25, 0.3) is 11.6 Å². The van der Waals surface area contributed by atoms with Crippen LogP contribution in [0.2, 0.25) is 0 Å². The van der Waals surface area contributed by atoms with Crippen molar-refractivity contribution in [2.45, 2.75) is 6.92 Å². The van der Waals surface area contributed by atoms with E-state index in [1.54, 1.807) is 36.9 Å². The maximum atomic E-state index is 12.2. The van der Waals surface area contributed by atoms with E-state index in [0.29, 0.717) is 11.4 Å². The number of non-ortho nitro benzene ring substituents is 1. The maximum Gasteiger partial charge on any atom is 0.272 e. The fraction of sp³-hybridized carbons (Fsp3) is 0.154. The first-order valence-electron chi connectivity index (χ1n) is 5.76. The molecule has 2 aromatic rings. The van der Waals surface area contributed by atoms with Crippen molar-refractivity contribution in [2.75, 3.05) is 5.32 Å². The Labute approximate surface area is 123 Å². The van der Waals surface area contributed by atoms with Crippen molar-refractivity contribution in [1.29, 1.82) is 0 Å². The Morgan fingerprint density at radius 1 is 1.40 bits per heavy atom. The molecule has 0 unspecified atom stereocenters. The summed E-state index contributed by atoms with van der Waals surface area (Å²) >= 11 is 3.29. The van der Waals surface area contributed by atoms with Crippen molar-refractivity contribution in [3.63, 3.8) is 0 Å². The summed E-state index contributed by atoms with van der Waals surface area (Å²) in [5, 5.41) is 13.5. The third-order valence-corrected chi connectivity index (χ3v) is 3.32. The number of carbonyl (C=O) groups excluding carboxylic acids is 1. The van der Waals surface area contributed by atoms with Crippen LogP contribution in [0.15, 0.2) is 34.9 Å². The number of nitrogens with zero attached hydrogens (tertiary/aromatic N) is 2. The van der Waals surface area contributed by atoms with Gasteiger partial charge >= 0.3 is 0 Å². The van der Waals surface area contributed by atoms with Gasteiger partial charge in [-0.05, 0) is 34.5 Å². The number of hydrogen-bond acceptors (Lipinski definition) is 3. The number of nitrogens with one attached hydrogen (secondary N) is 1. The Morgan fingerprint density at radius 3 is 2.65 bits per heavy atom. The summed E-state index contributed by atoms with van der Waals surface area (Å²) < 4.78 is 2.47. The average Bonchev–Trinajstić information content (AvgIpc) is 2.71. The molecule has 1 aromatic carbocycles. The fourth-order valence-corrected chi connectivity index (χ4v) is 2.32. The van der Waals surface area contributed by atoms with Crippen LogP contribution in [0, 0.1) is 17.0 Å². The molecule has 0 spiro atoms. The van der Waals surface area contributed by atoms with Crippen LogP contribution in [0.1, 0.15) is 16.1 Å². The van der Waals surface area contributed by atoms with Gasteiger partial charge in [0.1, 0.15) is 5.69 Å². The maximum absolute atomic E-state index is 12.2. The van der Waals surface area contributed by atoms with E-state index in [2.05, 4.69) is 21.2 Å². The minimum Gasteiger partial charge on any atom is -0.345 e. The molecule has 1 N–H and O–H groups in total. The lowest BCUT2D eigenvalue weighted by atomic mass is 10.2. The lowest BCUT2D eigenvalue weighted by molar-refractivity contribution is -0.384. The van der Waals surface area contributed by atoms with Gasteiger partial charge in [0.2, 0.25) is 0 Å². The van der Waals surface area contributed by atoms with Crippen LogP contribution >= 0.6 is 15.9 Å². The number of carbonyl (C=O) groups is 1. The summed E-state index contributed by atoms with van der Waals surface area (Å²) in [7, 11) is 1.75. The van der Waals surface area contributed by atoms with Crippen LogP contribution in [-0.2, 0) is 7.05 Å². The highest BCUT2D eigenvalue weighted by Crippen LogP contribution is 2.23. The molecular weight excluding hydrogens is 326 g/mol. The number of rotatable bonds is 3. The van der Waals surface area contributed by atoms with Gasteiger partial charge in [-0.15, -0.1) is 0 Å². The zero-order valence-corrected chi connectivity index (χ0v) is 12.5. The fourth-order valence-electron chi connectivity index (χ4n) is 1.79. The second kappa shape index (κ2) is 5.46. The largest absolute Gasteiger partial charge is 0.345 e. The topological polar surface area (TPSA) is 77.2 Å². The van der Waals surface area contributed by atoms with Crippen LogP contribution in [0.4, 0.5) is 11.4 Å². The van der Waals surface area contributed by atoms with Gasteiger partial charge in [0.05, 0.1) is 10.6 Å². The van der Waals surface area contributed by atoms with Crippen molar-refractivity contribution >= 4 is 33.2 Å². The number of amides is 1. The number of hydrogen-bond donors (Lipinski definition) is 1. The van der Waals surface area contributed by atoms with Crippen molar-refractivity contribution in [1.82, 2.24) is 4.57 Å². The standard InChI is InChI=1S/C13H12BrN3O3/c1-8-3-4-10(17(19)20)6-11(8)15-13(18)12-5-9(14)7-16(12)2/h3-7H,1-2H3,(H,15,18). The Bertz CT molecular complexity index is 694. The predicted molar refractivity (Wildman–Crippen MR) is 78.9 cm³/mol. The molecule has 0 fully saturated rings. The SMILES string of the molecule is Cc1ccc([N+](=O)[O-])cc1NC(=O)c1cc(Br)cn1C. The highest BCUT2D eigenvalue weighted by Gasteiger charge is 2.14. The highest BCUT2D eigenvalue weighted by molar-refractivity contribution is 9.10. The van der Waals surface area contributed by atoms with Gasteiger partial charge in [0, 0.05) is 29.8 Å². The Morgan fingerprint density at radius 2 is 2.10 bits per heavy atom. The third-order valence-electron chi connectivity index (χ3n) is 2.88. The van der Waals surface area contributed by atoms with E-state index in [-0.39, 0.29) is 11.6 Å². The van der Waals surface area contributed by atoms with Crippen molar-refractivity contribution in [3.05, 3.63) is 56.3 Å². The molecule has 0 saturated heterocycles. The summed E-state index contributed by atoms with van der Waals surface area (Å²) in [5.41, 5.74) is 1.60. The first-order chi connectivity index (χ1) is 9.38. The normalized spacial score (nSPS) is 10.3. The van der Waals surface area contributed by atoms with E-state index < -0.39 is 4.92 Å². The molecule has 1 heterocycles. The molecule has 2 rings (SSSR count). The Balaban J connectivity index is 2.30. The number of benzene rings is 1. The van der Waals surface area contributed by atoms with E-state index in [4.69, 9.17) is 0 Å². The van der Waals surface area contributed by atoms with Crippen LogP contribution in [-0.4, -0.2) is 15.4 Å². The minimum absolute atomic E-state index is 0.0565. The van der Waals surface area contributed by atoms with Gasteiger partial charge in [0.15, 0.2) is 0 Å². The summed E-state index contributed by atoms with van der Waals surface area (Å²) in [5.74, 6) is -0.318. The van der Waals surface area contributed by atoms with Crippen molar-refractivity contribution < 1.29 is 9.72 Å². The monoisotopic (exact) mass is 337 g/mol. The zero-order chi connectivity index (χ0) is 14.9. The molecule has 0 aliphatic heterocycles. The highest BCUT2D eigenvalue weighted by atomic mass is 79.9. The Hall–Kier alpha value is -2.15. The van der Waals surface area contributed by atoms with Crippen molar-refractivity contribution in [2.24, 2.45) is 7.05 Å². The van der Waals surface area contributed by atoms with Crippen LogP contribution in [0.5, 0.6) is 0 Å². The number of aryl methyl sites for hydroxylation is 2. The van der Waals surface area contributed by atoms with E-state index in [9.17, 15) is 14.9 Å². The number of nitro groups is 1. The first kappa shape index (κ1) is 14.3. The number of aromatic nitrogens is 1. The molecular formula is C13H12BrN3O3. The second-order valence-corrected chi connectivity index (χ2v) is 5.28. The molecule has 0 atom stereocenters. The summed E-state index contributed by atoms with van der Waals surface area (Å²) in [4.78, 5) is 22.4. The van der Waals surface area contributed by atoms with E-state index >= 15 is 0 Å². The quantitative estimate of drug-likeness (QED) is 0.689. The molecule has 7 heteroatoms. The van der Waals surface area contributed by atoms with Gasteiger partial charge < -0.3 is 9.88 Å². The number of anilines is 1. The smallest absolute Gasteiger partial charge is 0.272 e. The zero-order valence-electron chi connectivity index (χ0n) is 10.9. The van der Waals surface area contributed by atoms with Gasteiger partial charge in [-0.25, -0.2) is 0 Å². The summed E-state index contributed by atoms with van der Waals surface area (Å²) in [6, 6.07) is 6.05. The molecule has 0 bridgehead atoms. The molecule has 1 aromatic heterocycles. The third kappa shape index (κ3) is 2.88. The minimum atomic E-state index is -0.492. The molecule has 0 aliphatic rings. The molecule has 1 amide bonds. The number of nitro benzene ring substituents is 1. The van der Waals surface area contributed by atoms with Gasteiger partial charge in [-0.3, -0.25) is 14.9 Å². The average molecular weight is 338 g/mol. The predicted octanol–water partition coefficient (Wildman–Crippen LogP) is 3.26. The van der Waals surface area contributed by atoms with E-state index in [1.807, 2.05) is 0 Å². The molecule has 20 heavy (non-hydrogen) atoms. The molecule has 104 valence electrons. The van der Waals surface area contributed by atoms with Crippen LogP contribution in [0.3, 0.4) is 0 Å². The Kier molecular flexibility index (Phi) is 3.89.